The fourth-order valence-corrected chi connectivity index (χ4v) is 4.59. The zero-order valence-corrected chi connectivity index (χ0v) is 14.2. The smallest absolute Gasteiger partial charge is 0.357 e. The molecule has 0 radical (unpaired) electrons. The lowest BCUT2D eigenvalue weighted by molar-refractivity contribution is 0.142. The highest BCUT2D eigenvalue weighted by Gasteiger charge is 2.39. The van der Waals surface area contributed by atoms with E-state index in [9.17, 15) is 4.57 Å². The van der Waals surface area contributed by atoms with E-state index in [2.05, 4.69) is 24.4 Å². The topological polar surface area (TPSA) is 47.6 Å². The monoisotopic (exact) mass is 331 g/mol. The van der Waals surface area contributed by atoms with Gasteiger partial charge in [0.1, 0.15) is 0 Å². The molecule has 0 bridgehead atoms. The van der Waals surface area contributed by atoms with Gasteiger partial charge in [-0.05, 0) is 36.1 Å². The van der Waals surface area contributed by atoms with Crippen LogP contribution >= 0.6 is 7.60 Å². The van der Waals surface area contributed by atoms with E-state index in [1.165, 1.54) is 5.56 Å². The second-order valence-corrected chi connectivity index (χ2v) is 7.68. The molecule has 0 spiro atoms. The highest BCUT2D eigenvalue weighted by molar-refractivity contribution is 7.54. The molecule has 0 aliphatic carbocycles. The van der Waals surface area contributed by atoms with Crippen molar-refractivity contribution in [2.24, 2.45) is 0 Å². The van der Waals surface area contributed by atoms with Crippen LogP contribution in [0.3, 0.4) is 0 Å². The Kier molecular flexibility index (Phi) is 5.16. The standard InChI is InChI=1S/C18H22NO3P/c1-2-15-9-11-17(12-10-15)19-18(16-7-4-3-5-8-16)23(20)21-13-6-14-22-23/h3-5,7-12,18-19H,2,6,13-14H2,1H3. The first kappa shape index (κ1) is 16.3. The molecule has 3 rings (SSSR count). The molecule has 0 amide bonds. The third kappa shape index (κ3) is 3.84. The molecule has 23 heavy (non-hydrogen) atoms. The summed E-state index contributed by atoms with van der Waals surface area (Å²) >= 11 is 0. The quantitative estimate of drug-likeness (QED) is 0.784. The zero-order valence-electron chi connectivity index (χ0n) is 13.3. The summed E-state index contributed by atoms with van der Waals surface area (Å²) in [6, 6.07) is 17.8. The van der Waals surface area contributed by atoms with E-state index in [0.717, 1.165) is 24.1 Å². The van der Waals surface area contributed by atoms with Gasteiger partial charge in [-0.2, -0.15) is 0 Å². The van der Waals surface area contributed by atoms with Crippen LogP contribution < -0.4 is 5.32 Å². The highest BCUT2D eigenvalue weighted by Crippen LogP contribution is 2.62. The summed E-state index contributed by atoms with van der Waals surface area (Å²) in [5.74, 6) is -0.503. The van der Waals surface area contributed by atoms with Gasteiger partial charge in [-0.1, -0.05) is 49.4 Å². The third-order valence-corrected chi connectivity index (χ3v) is 6.07. The van der Waals surface area contributed by atoms with Gasteiger partial charge in [0.2, 0.25) is 0 Å². The van der Waals surface area contributed by atoms with Gasteiger partial charge in [0.15, 0.2) is 5.78 Å². The summed E-state index contributed by atoms with van der Waals surface area (Å²) in [4.78, 5) is 0. The first-order valence-corrected chi connectivity index (χ1v) is 9.62. The second kappa shape index (κ2) is 7.31. The number of benzene rings is 2. The molecule has 1 heterocycles. The summed E-state index contributed by atoms with van der Waals surface area (Å²) in [5.41, 5.74) is 3.07. The van der Waals surface area contributed by atoms with E-state index in [0.29, 0.717) is 13.2 Å². The van der Waals surface area contributed by atoms with Crippen LogP contribution in [0.2, 0.25) is 0 Å². The van der Waals surface area contributed by atoms with E-state index in [1.807, 2.05) is 42.5 Å². The number of rotatable bonds is 5. The van der Waals surface area contributed by atoms with E-state index in [-0.39, 0.29) is 0 Å². The maximum Gasteiger partial charge on any atom is 0.357 e. The minimum Gasteiger partial charge on any atom is -0.368 e. The van der Waals surface area contributed by atoms with E-state index >= 15 is 0 Å². The molecule has 1 N–H and O–H groups in total. The molecular formula is C18H22NO3P. The third-order valence-electron chi connectivity index (χ3n) is 3.93. The maximum atomic E-state index is 13.2. The van der Waals surface area contributed by atoms with Crippen LogP contribution in [0.5, 0.6) is 0 Å². The van der Waals surface area contributed by atoms with Crippen molar-refractivity contribution in [2.45, 2.75) is 25.5 Å². The van der Waals surface area contributed by atoms with Crippen LogP contribution in [0.15, 0.2) is 54.6 Å². The Morgan fingerprint density at radius 3 is 2.30 bits per heavy atom. The SMILES string of the molecule is CCc1ccc(NC(c2ccccc2)P2(=O)OCCCO2)cc1. The molecule has 2 aromatic rings. The minimum atomic E-state index is -3.24. The number of nitrogens with one attached hydrogen (secondary N) is 1. The van der Waals surface area contributed by atoms with Crippen LogP contribution in [0.25, 0.3) is 0 Å². The largest absolute Gasteiger partial charge is 0.368 e. The van der Waals surface area contributed by atoms with Crippen LogP contribution in [0.1, 0.15) is 30.3 Å². The average Bonchev–Trinajstić information content (AvgIpc) is 2.61. The molecule has 4 nitrogen and oxygen atoms in total. The van der Waals surface area contributed by atoms with Crippen molar-refractivity contribution < 1.29 is 13.6 Å². The van der Waals surface area contributed by atoms with Gasteiger partial charge < -0.3 is 14.4 Å². The summed E-state index contributed by atoms with van der Waals surface area (Å²) < 4.78 is 24.3. The first-order valence-electron chi connectivity index (χ1n) is 8.00. The molecule has 1 saturated heterocycles. The fourth-order valence-electron chi connectivity index (χ4n) is 2.60. The second-order valence-electron chi connectivity index (χ2n) is 5.57. The lowest BCUT2D eigenvalue weighted by Crippen LogP contribution is -2.19. The van der Waals surface area contributed by atoms with Crippen molar-refractivity contribution in [3.05, 3.63) is 65.7 Å². The minimum absolute atomic E-state index is 0.469. The summed E-state index contributed by atoms with van der Waals surface area (Å²) in [5, 5.41) is 3.34. The van der Waals surface area contributed by atoms with E-state index in [1.54, 1.807) is 0 Å². The Morgan fingerprint density at radius 1 is 1.04 bits per heavy atom. The molecule has 1 atom stereocenters. The van der Waals surface area contributed by atoms with Crippen LogP contribution in [-0.2, 0) is 20.0 Å². The molecular weight excluding hydrogens is 309 g/mol. The van der Waals surface area contributed by atoms with Gasteiger partial charge in [-0.25, -0.2) is 0 Å². The van der Waals surface area contributed by atoms with Crippen molar-refractivity contribution in [1.29, 1.82) is 0 Å². The normalized spacial score (nSPS) is 18.3. The van der Waals surface area contributed by atoms with E-state index in [4.69, 9.17) is 9.05 Å². The molecule has 122 valence electrons. The fraction of sp³-hybridized carbons (Fsp3) is 0.333. The predicted molar refractivity (Wildman–Crippen MR) is 92.8 cm³/mol. The summed E-state index contributed by atoms with van der Waals surface area (Å²) in [7, 11) is -3.24. The predicted octanol–water partition coefficient (Wildman–Crippen LogP) is 4.99. The molecule has 1 aliphatic heterocycles. The van der Waals surface area contributed by atoms with Gasteiger partial charge in [0.25, 0.3) is 0 Å². The van der Waals surface area contributed by atoms with E-state index < -0.39 is 13.4 Å². The number of aryl methyl sites for hydroxylation is 1. The van der Waals surface area contributed by atoms with Crippen LogP contribution in [0.4, 0.5) is 5.69 Å². The molecule has 1 unspecified atom stereocenters. The lowest BCUT2D eigenvalue weighted by atomic mass is 10.1. The van der Waals surface area contributed by atoms with Crippen LogP contribution in [-0.4, -0.2) is 13.2 Å². The maximum absolute atomic E-state index is 13.2. The molecule has 1 fully saturated rings. The van der Waals surface area contributed by atoms with Crippen molar-refractivity contribution in [3.63, 3.8) is 0 Å². The summed E-state index contributed by atoms with van der Waals surface area (Å²) in [6.45, 7) is 3.06. The molecule has 1 aliphatic rings. The van der Waals surface area contributed by atoms with Crippen molar-refractivity contribution >= 4 is 13.3 Å². The average molecular weight is 331 g/mol. The first-order chi connectivity index (χ1) is 11.2. The zero-order chi connectivity index (χ0) is 16.1. The molecule has 0 aromatic heterocycles. The Balaban J connectivity index is 1.90. The van der Waals surface area contributed by atoms with Crippen molar-refractivity contribution in [2.75, 3.05) is 18.5 Å². The van der Waals surface area contributed by atoms with Gasteiger partial charge in [-0.15, -0.1) is 0 Å². The Labute approximate surface area is 137 Å². The van der Waals surface area contributed by atoms with Gasteiger partial charge in [0, 0.05) is 5.69 Å². The lowest BCUT2D eigenvalue weighted by Gasteiger charge is -2.31. The number of hydrogen-bond donors (Lipinski definition) is 1. The van der Waals surface area contributed by atoms with Crippen molar-refractivity contribution in [3.8, 4) is 0 Å². The Bertz CT molecular complexity index is 662. The number of anilines is 1. The molecule has 2 aromatic carbocycles. The Morgan fingerprint density at radius 2 is 1.70 bits per heavy atom. The Hall–Kier alpha value is -1.61. The van der Waals surface area contributed by atoms with Gasteiger partial charge >= 0.3 is 7.60 Å². The summed E-state index contributed by atoms with van der Waals surface area (Å²) in [6.07, 6.45) is 1.77. The van der Waals surface area contributed by atoms with Gasteiger partial charge in [0.05, 0.1) is 13.2 Å². The van der Waals surface area contributed by atoms with Crippen molar-refractivity contribution in [1.82, 2.24) is 0 Å². The molecule has 5 heteroatoms. The van der Waals surface area contributed by atoms with Gasteiger partial charge in [-0.3, -0.25) is 4.57 Å². The molecule has 0 saturated carbocycles. The number of hydrogen-bond acceptors (Lipinski definition) is 4. The highest BCUT2D eigenvalue weighted by atomic mass is 31.2. The van der Waals surface area contributed by atoms with Crippen LogP contribution in [0, 0.1) is 0 Å².